The van der Waals surface area contributed by atoms with Crippen LogP contribution in [0, 0.1) is 0 Å². The number of fused-ring (bicyclic) bond motifs is 1. The maximum Gasteiger partial charge on any atom is 0.117 e. The summed E-state index contributed by atoms with van der Waals surface area (Å²) in [7, 11) is 0. The normalized spacial score (nSPS) is 14.3. The summed E-state index contributed by atoms with van der Waals surface area (Å²) in [4.78, 5) is 2.52. The first-order valence-electron chi connectivity index (χ1n) is 7.49. The molecule has 0 fully saturated rings. The van der Waals surface area contributed by atoms with Gasteiger partial charge in [-0.3, -0.25) is 0 Å². The van der Waals surface area contributed by atoms with Gasteiger partial charge in [0, 0.05) is 18.8 Å². The zero-order chi connectivity index (χ0) is 13.6. The molecule has 0 unspecified atom stereocenters. The summed E-state index contributed by atoms with van der Waals surface area (Å²) in [6.45, 7) is 4.17. The molecule has 1 aliphatic heterocycles. The highest BCUT2D eigenvalue weighted by Crippen LogP contribution is 2.26. The van der Waals surface area contributed by atoms with Gasteiger partial charge in [-0.2, -0.15) is 0 Å². The average Bonchev–Trinajstić information content (AvgIpc) is 3.00. The zero-order valence-corrected chi connectivity index (χ0v) is 11.8. The Kier molecular flexibility index (Phi) is 4.38. The Labute approximate surface area is 120 Å². The number of para-hydroxylation sites is 1. The lowest BCUT2D eigenvalue weighted by atomic mass is 10.0. The maximum atomic E-state index is 5.30. The smallest absolute Gasteiger partial charge is 0.117 e. The Morgan fingerprint density at radius 1 is 1.15 bits per heavy atom. The topological polar surface area (TPSA) is 28.4 Å². The summed E-state index contributed by atoms with van der Waals surface area (Å²) in [5.41, 5.74) is 2.94. The van der Waals surface area contributed by atoms with E-state index in [-0.39, 0.29) is 0 Å². The van der Waals surface area contributed by atoms with Crippen LogP contribution in [-0.2, 0) is 13.0 Å². The molecule has 1 aromatic carbocycles. The minimum absolute atomic E-state index is 0.823. The van der Waals surface area contributed by atoms with Crippen molar-refractivity contribution in [3.63, 3.8) is 0 Å². The fourth-order valence-electron chi connectivity index (χ4n) is 2.86. The van der Waals surface area contributed by atoms with E-state index in [0.29, 0.717) is 0 Å². The van der Waals surface area contributed by atoms with E-state index in [9.17, 15) is 0 Å². The van der Waals surface area contributed by atoms with Gasteiger partial charge in [0.25, 0.3) is 0 Å². The van der Waals surface area contributed by atoms with E-state index in [0.717, 1.165) is 31.8 Å². The lowest BCUT2D eigenvalue weighted by Gasteiger charge is -2.31. The van der Waals surface area contributed by atoms with Gasteiger partial charge in [-0.1, -0.05) is 18.2 Å². The highest BCUT2D eigenvalue weighted by molar-refractivity contribution is 5.55. The summed E-state index contributed by atoms with van der Waals surface area (Å²) in [5, 5.41) is 3.43. The SMILES string of the molecule is c1coc(CNCCCN2CCCc3ccccc32)c1. The molecule has 0 radical (unpaired) electrons. The second-order valence-corrected chi connectivity index (χ2v) is 5.33. The molecule has 0 spiro atoms. The summed E-state index contributed by atoms with van der Waals surface area (Å²) in [5.74, 6) is 1.01. The first-order valence-corrected chi connectivity index (χ1v) is 7.49. The van der Waals surface area contributed by atoms with Crippen LogP contribution in [0.2, 0.25) is 0 Å². The summed E-state index contributed by atoms with van der Waals surface area (Å²) >= 11 is 0. The highest BCUT2D eigenvalue weighted by Gasteiger charge is 2.15. The molecule has 3 heteroatoms. The van der Waals surface area contributed by atoms with Crippen molar-refractivity contribution >= 4 is 5.69 Å². The summed E-state index contributed by atoms with van der Waals surface area (Å²) < 4.78 is 5.30. The van der Waals surface area contributed by atoms with Gasteiger partial charge in [0.15, 0.2) is 0 Å². The molecule has 1 aromatic heterocycles. The number of nitrogens with zero attached hydrogens (tertiary/aromatic N) is 1. The van der Waals surface area contributed by atoms with E-state index < -0.39 is 0 Å². The van der Waals surface area contributed by atoms with Crippen molar-refractivity contribution < 1.29 is 4.42 Å². The Balaban J connectivity index is 1.43. The van der Waals surface area contributed by atoms with Crippen LogP contribution in [0.15, 0.2) is 47.1 Å². The van der Waals surface area contributed by atoms with Crippen LogP contribution in [0.3, 0.4) is 0 Å². The van der Waals surface area contributed by atoms with E-state index in [2.05, 4.69) is 34.5 Å². The molecule has 2 heterocycles. The maximum absolute atomic E-state index is 5.30. The molecular formula is C17H22N2O. The van der Waals surface area contributed by atoms with E-state index in [1.165, 1.54) is 30.6 Å². The number of rotatable bonds is 6. The minimum atomic E-state index is 0.823. The van der Waals surface area contributed by atoms with Crippen LogP contribution >= 0.6 is 0 Å². The highest BCUT2D eigenvalue weighted by atomic mass is 16.3. The fraction of sp³-hybridized carbons (Fsp3) is 0.412. The zero-order valence-electron chi connectivity index (χ0n) is 11.8. The first-order chi connectivity index (χ1) is 9.93. The Bertz CT molecular complexity index is 522. The van der Waals surface area contributed by atoms with E-state index in [1.807, 2.05) is 12.1 Å². The molecule has 1 N–H and O–H groups in total. The predicted molar refractivity (Wildman–Crippen MR) is 82.0 cm³/mol. The fourth-order valence-corrected chi connectivity index (χ4v) is 2.86. The molecule has 106 valence electrons. The average molecular weight is 270 g/mol. The monoisotopic (exact) mass is 270 g/mol. The van der Waals surface area contributed by atoms with Gasteiger partial charge in [0.05, 0.1) is 12.8 Å². The van der Waals surface area contributed by atoms with Crippen molar-refractivity contribution in [1.29, 1.82) is 0 Å². The molecule has 1 aliphatic rings. The second-order valence-electron chi connectivity index (χ2n) is 5.33. The quantitative estimate of drug-likeness (QED) is 0.817. The van der Waals surface area contributed by atoms with Crippen molar-refractivity contribution in [2.45, 2.75) is 25.8 Å². The lowest BCUT2D eigenvalue weighted by Crippen LogP contribution is -2.31. The molecule has 3 rings (SSSR count). The van der Waals surface area contributed by atoms with Crippen molar-refractivity contribution in [1.82, 2.24) is 5.32 Å². The largest absolute Gasteiger partial charge is 0.468 e. The lowest BCUT2D eigenvalue weighted by molar-refractivity contribution is 0.480. The third-order valence-corrected chi connectivity index (χ3v) is 3.87. The number of anilines is 1. The minimum Gasteiger partial charge on any atom is -0.468 e. The van der Waals surface area contributed by atoms with E-state index in [1.54, 1.807) is 6.26 Å². The van der Waals surface area contributed by atoms with E-state index in [4.69, 9.17) is 4.42 Å². The van der Waals surface area contributed by atoms with Crippen molar-refractivity contribution in [3.8, 4) is 0 Å². The molecular weight excluding hydrogens is 248 g/mol. The molecule has 0 bridgehead atoms. The molecule has 0 saturated carbocycles. The van der Waals surface area contributed by atoms with Gasteiger partial charge in [0.1, 0.15) is 5.76 Å². The van der Waals surface area contributed by atoms with Crippen LogP contribution in [0.5, 0.6) is 0 Å². The summed E-state index contributed by atoms with van der Waals surface area (Å²) in [6.07, 6.45) is 5.39. The number of benzene rings is 1. The van der Waals surface area contributed by atoms with Crippen LogP contribution in [0.25, 0.3) is 0 Å². The molecule has 20 heavy (non-hydrogen) atoms. The van der Waals surface area contributed by atoms with Gasteiger partial charge >= 0.3 is 0 Å². The Morgan fingerprint density at radius 3 is 3.00 bits per heavy atom. The number of nitrogens with one attached hydrogen (secondary N) is 1. The Hall–Kier alpha value is -1.74. The molecule has 0 aliphatic carbocycles. The molecule has 2 aromatic rings. The van der Waals surface area contributed by atoms with Crippen LogP contribution in [-0.4, -0.2) is 19.6 Å². The van der Waals surface area contributed by atoms with Gasteiger partial charge in [0.2, 0.25) is 0 Å². The second kappa shape index (κ2) is 6.62. The number of furan rings is 1. The van der Waals surface area contributed by atoms with Gasteiger partial charge in [-0.15, -0.1) is 0 Å². The third kappa shape index (κ3) is 3.23. The van der Waals surface area contributed by atoms with Crippen molar-refractivity contribution in [3.05, 3.63) is 54.0 Å². The van der Waals surface area contributed by atoms with Crippen LogP contribution < -0.4 is 10.2 Å². The van der Waals surface area contributed by atoms with Crippen LogP contribution in [0.1, 0.15) is 24.2 Å². The molecule has 3 nitrogen and oxygen atoms in total. The number of aryl methyl sites for hydroxylation is 1. The standard InChI is InChI=1S/C17H22N2O/c1-2-9-17-15(6-1)7-3-11-19(17)12-5-10-18-14-16-8-4-13-20-16/h1-2,4,6,8-9,13,18H,3,5,7,10-12,14H2. The third-order valence-electron chi connectivity index (χ3n) is 3.87. The van der Waals surface area contributed by atoms with Crippen LogP contribution in [0.4, 0.5) is 5.69 Å². The van der Waals surface area contributed by atoms with E-state index >= 15 is 0 Å². The first kappa shape index (κ1) is 13.3. The van der Waals surface area contributed by atoms with Gasteiger partial charge < -0.3 is 14.6 Å². The molecule has 0 saturated heterocycles. The van der Waals surface area contributed by atoms with Gasteiger partial charge in [-0.25, -0.2) is 0 Å². The van der Waals surface area contributed by atoms with Crippen molar-refractivity contribution in [2.75, 3.05) is 24.5 Å². The Morgan fingerprint density at radius 2 is 2.10 bits per heavy atom. The predicted octanol–water partition coefficient (Wildman–Crippen LogP) is 3.21. The summed E-state index contributed by atoms with van der Waals surface area (Å²) in [6, 6.07) is 12.7. The number of hydrogen-bond donors (Lipinski definition) is 1. The number of hydrogen-bond acceptors (Lipinski definition) is 3. The molecule has 0 amide bonds. The molecule has 0 atom stereocenters. The van der Waals surface area contributed by atoms with Gasteiger partial charge in [-0.05, 0) is 49.6 Å². The van der Waals surface area contributed by atoms with Crippen molar-refractivity contribution in [2.24, 2.45) is 0 Å².